The van der Waals surface area contributed by atoms with Gasteiger partial charge in [-0.25, -0.2) is 0 Å². The van der Waals surface area contributed by atoms with E-state index in [1.807, 2.05) is 0 Å². The maximum Gasteiger partial charge on any atom is 0.322 e. The molecule has 0 aliphatic carbocycles. The average Bonchev–Trinajstić information content (AvgIpc) is 2.68. The van der Waals surface area contributed by atoms with E-state index in [4.69, 9.17) is 42.1 Å². The summed E-state index contributed by atoms with van der Waals surface area (Å²) in [5.74, 6) is 0.635. The molecule has 28 heavy (non-hydrogen) atoms. The lowest BCUT2D eigenvalue weighted by Gasteiger charge is -2.08. The first kappa shape index (κ1) is 22.0. The van der Waals surface area contributed by atoms with Crippen molar-refractivity contribution < 1.29 is 18.9 Å². The third kappa shape index (κ3) is 8.17. The lowest BCUT2D eigenvalue weighted by molar-refractivity contribution is 0.0556. The molecule has 2 N–H and O–H groups in total. The van der Waals surface area contributed by atoms with Gasteiger partial charge in [0.1, 0.15) is 0 Å². The molecule has 0 unspecified atom stereocenters. The van der Waals surface area contributed by atoms with E-state index in [-0.39, 0.29) is 22.6 Å². The van der Waals surface area contributed by atoms with Crippen molar-refractivity contribution in [1.82, 2.24) is 29.9 Å². The molecular weight excluding hydrogens is 415 g/mol. The van der Waals surface area contributed by atoms with Gasteiger partial charge >= 0.3 is 12.0 Å². The number of rotatable bonds is 13. The minimum absolute atomic E-state index is 0.0511. The summed E-state index contributed by atoms with van der Waals surface area (Å²) in [4.78, 5) is 23.4. The summed E-state index contributed by atoms with van der Waals surface area (Å²) >= 11 is 11.5. The van der Waals surface area contributed by atoms with Gasteiger partial charge in [-0.3, -0.25) is 0 Å². The molecule has 0 aliphatic heterocycles. The first-order chi connectivity index (χ1) is 13.6. The van der Waals surface area contributed by atoms with Crippen LogP contribution in [-0.2, 0) is 9.47 Å². The topological polar surface area (TPSA) is 138 Å². The first-order valence-corrected chi connectivity index (χ1v) is 8.90. The molecule has 154 valence electrons. The van der Waals surface area contributed by atoms with Crippen LogP contribution in [0.4, 0.5) is 11.9 Å². The van der Waals surface area contributed by atoms with Crippen molar-refractivity contribution in [2.24, 2.45) is 0 Å². The molecule has 2 aromatic rings. The van der Waals surface area contributed by atoms with Gasteiger partial charge in [0.25, 0.3) is 0 Å². The predicted molar refractivity (Wildman–Crippen MR) is 101 cm³/mol. The fourth-order valence-corrected chi connectivity index (χ4v) is 2.10. The summed E-state index contributed by atoms with van der Waals surface area (Å²) in [6.07, 6.45) is 0. The molecule has 0 atom stereocenters. The Morgan fingerprint density at radius 3 is 1.46 bits per heavy atom. The molecule has 2 heterocycles. The van der Waals surface area contributed by atoms with Crippen LogP contribution in [0.15, 0.2) is 0 Å². The highest BCUT2D eigenvalue weighted by Crippen LogP contribution is 2.11. The second kappa shape index (κ2) is 12.2. The zero-order chi connectivity index (χ0) is 20.2. The van der Waals surface area contributed by atoms with Crippen LogP contribution in [0.2, 0.25) is 10.6 Å². The number of aromatic nitrogens is 6. The summed E-state index contributed by atoms with van der Waals surface area (Å²) in [6, 6.07) is 0.284. The molecule has 2 rings (SSSR count). The molecular formula is C14H20Cl2N8O4. The molecule has 2 aromatic heterocycles. The Labute approximate surface area is 171 Å². The van der Waals surface area contributed by atoms with Gasteiger partial charge in [-0.15, -0.1) is 0 Å². The highest BCUT2D eigenvalue weighted by molar-refractivity contribution is 6.28. The van der Waals surface area contributed by atoms with Gasteiger partial charge in [0.15, 0.2) is 0 Å². The summed E-state index contributed by atoms with van der Waals surface area (Å²) in [5, 5.41) is 6.02. The number of ether oxygens (including phenoxy) is 4. The van der Waals surface area contributed by atoms with Gasteiger partial charge in [0.05, 0.1) is 40.6 Å². The zero-order valence-corrected chi connectivity index (χ0v) is 16.8. The van der Waals surface area contributed by atoms with Crippen LogP contribution in [0.3, 0.4) is 0 Å². The van der Waals surface area contributed by atoms with E-state index in [1.165, 1.54) is 14.2 Å². The van der Waals surface area contributed by atoms with Crippen molar-refractivity contribution in [3.05, 3.63) is 10.6 Å². The van der Waals surface area contributed by atoms with Crippen LogP contribution in [0.5, 0.6) is 12.0 Å². The molecule has 0 bridgehead atoms. The number of halogens is 2. The van der Waals surface area contributed by atoms with Gasteiger partial charge in [0, 0.05) is 13.1 Å². The van der Waals surface area contributed by atoms with Gasteiger partial charge in [-0.05, 0) is 23.2 Å². The summed E-state index contributed by atoms with van der Waals surface area (Å²) in [7, 11) is 2.90. The average molecular weight is 435 g/mol. The van der Waals surface area contributed by atoms with Gasteiger partial charge < -0.3 is 29.6 Å². The number of hydrogen-bond donors (Lipinski definition) is 2. The second-order valence-corrected chi connectivity index (χ2v) is 5.58. The van der Waals surface area contributed by atoms with E-state index >= 15 is 0 Å². The Bertz CT molecular complexity index is 681. The van der Waals surface area contributed by atoms with Crippen molar-refractivity contribution in [3.63, 3.8) is 0 Å². The summed E-state index contributed by atoms with van der Waals surface area (Å²) in [5.41, 5.74) is 0. The van der Waals surface area contributed by atoms with E-state index in [2.05, 4.69) is 40.5 Å². The van der Waals surface area contributed by atoms with Crippen LogP contribution < -0.4 is 20.1 Å². The third-order valence-corrected chi connectivity index (χ3v) is 3.31. The number of nitrogens with one attached hydrogen (secondary N) is 2. The number of methoxy groups -OCH3 is 2. The fraction of sp³-hybridized carbons (Fsp3) is 0.571. The molecule has 0 spiro atoms. The van der Waals surface area contributed by atoms with E-state index in [9.17, 15) is 0 Å². The highest BCUT2D eigenvalue weighted by Gasteiger charge is 2.05. The molecule has 0 aliphatic rings. The van der Waals surface area contributed by atoms with Gasteiger partial charge in [-0.1, -0.05) is 0 Å². The Hall–Kier alpha value is -2.28. The quantitative estimate of drug-likeness (QED) is 0.433. The van der Waals surface area contributed by atoms with Crippen LogP contribution in [0.25, 0.3) is 0 Å². The van der Waals surface area contributed by atoms with Crippen molar-refractivity contribution in [2.45, 2.75) is 0 Å². The largest absolute Gasteiger partial charge is 0.467 e. The van der Waals surface area contributed by atoms with Crippen molar-refractivity contribution >= 4 is 35.1 Å². The lowest BCUT2D eigenvalue weighted by atomic mass is 10.6. The smallest absolute Gasteiger partial charge is 0.322 e. The molecule has 12 nitrogen and oxygen atoms in total. The second-order valence-electron chi connectivity index (χ2n) is 4.91. The molecule has 0 fully saturated rings. The van der Waals surface area contributed by atoms with E-state index in [1.54, 1.807) is 0 Å². The van der Waals surface area contributed by atoms with Gasteiger partial charge in [0.2, 0.25) is 22.5 Å². The fourth-order valence-electron chi connectivity index (χ4n) is 1.80. The molecule has 0 saturated carbocycles. The van der Waals surface area contributed by atoms with E-state index in [0.717, 1.165) is 0 Å². The minimum atomic E-state index is 0.0511. The Kier molecular flexibility index (Phi) is 9.62. The van der Waals surface area contributed by atoms with Crippen LogP contribution in [0.1, 0.15) is 0 Å². The third-order valence-electron chi connectivity index (χ3n) is 2.97. The van der Waals surface area contributed by atoms with Crippen LogP contribution in [0, 0.1) is 0 Å². The maximum atomic E-state index is 5.75. The van der Waals surface area contributed by atoms with E-state index < -0.39 is 0 Å². The SMILES string of the molecule is COc1nc(Cl)nc(NCCOCCOCCNc2nc(Cl)nc(OC)n2)n1. The highest BCUT2D eigenvalue weighted by atomic mass is 35.5. The van der Waals surface area contributed by atoms with Gasteiger partial charge in [-0.2, -0.15) is 29.9 Å². The summed E-state index contributed by atoms with van der Waals surface area (Å²) < 4.78 is 20.7. The minimum Gasteiger partial charge on any atom is -0.467 e. The zero-order valence-electron chi connectivity index (χ0n) is 15.3. The predicted octanol–water partition coefficient (Wildman–Crippen LogP) is 0.938. The normalized spacial score (nSPS) is 10.6. The Morgan fingerprint density at radius 2 is 1.07 bits per heavy atom. The lowest BCUT2D eigenvalue weighted by Crippen LogP contribution is -2.16. The summed E-state index contributed by atoms with van der Waals surface area (Å²) in [6.45, 7) is 2.75. The van der Waals surface area contributed by atoms with Crippen molar-refractivity contribution in [2.75, 3.05) is 64.4 Å². The Morgan fingerprint density at radius 1 is 0.643 bits per heavy atom. The molecule has 0 aromatic carbocycles. The van der Waals surface area contributed by atoms with Crippen molar-refractivity contribution in [3.8, 4) is 12.0 Å². The van der Waals surface area contributed by atoms with Crippen LogP contribution in [-0.4, -0.2) is 83.6 Å². The molecule has 0 amide bonds. The van der Waals surface area contributed by atoms with Crippen LogP contribution >= 0.6 is 23.2 Å². The number of anilines is 2. The Balaban J connectivity index is 1.50. The first-order valence-electron chi connectivity index (χ1n) is 8.15. The number of nitrogens with zero attached hydrogens (tertiary/aromatic N) is 6. The molecule has 14 heteroatoms. The molecule has 0 saturated heterocycles. The standard InChI is InChI=1S/C14H20Cl2N8O4/c1-25-13-21-9(15)19-11(23-13)17-3-5-27-7-8-28-6-4-18-12-20-10(16)22-14(24-12)26-2/h3-8H2,1-2H3,(H,17,19,21,23)(H,18,20,22,24). The molecule has 0 radical (unpaired) electrons. The van der Waals surface area contributed by atoms with E-state index in [0.29, 0.717) is 51.4 Å². The number of hydrogen-bond acceptors (Lipinski definition) is 12. The van der Waals surface area contributed by atoms with Crippen molar-refractivity contribution in [1.29, 1.82) is 0 Å². The maximum absolute atomic E-state index is 5.75. The monoisotopic (exact) mass is 434 g/mol.